The smallest absolute Gasteiger partial charge is 0.406 e. The zero-order valence-electron chi connectivity index (χ0n) is 19.2. The van der Waals surface area contributed by atoms with E-state index in [0.29, 0.717) is 38.8 Å². The minimum Gasteiger partial charge on any atom is -0.494 e. The third-order valence-corrected chi connectivity index (χ3v) is 8.50. The molecule has 33 heavy (non-hydrogen) atoms. The molecule has 1 aliphatic carbocycles. The first kappa shape index (κ1) is 26.2. The SMILES string of the molecule is CCOc1ccccc1[C@H]1CC[C@@H](OC[C@@H]2NCCC[C@@H]2NS(=O)(=O)[C@H](C)C(F)(F)F)CC1. The van der Waals surface area contributed by atoms with Crippen molar-refractivity contribution in [3.05, 3.63) is 29.8 Å². The summed E-state index contributed by atoms with van der Waals surface area (Å²) in [5, 5.41) is 0.760. The zero-order chi connectivity index (χ0) is 24.1. The lowest BCUT2D eigenvalue weighted by molar-refractivity contribution is -0.127. The molecule has 0 unspecified atom stereocenters. The normalized spacial score (nSPS) is 27.8. The molecule has 0 bridgehead atoms. The third kappa shape index (κ3) is 7.07. The van der Waals surface area contributed by atoms with Gasteiger partial charge < -0.3 is 14.8 Å². The minimum absolute atomic E-state index is 0.0515. The molecular weight excluding hydrogens is 457 g/mol. The Morgan fingerprint density at radius 2 is 1.85 bits per heavy atom. The second-order valence-electron chi connectivity index (χ2n) is 8.93. The van der Waals surface area contributed by atoms with Crippen LogP contribution in [0.2, 0.25) is 0 Å². The minimum atomic E-state index is -4.81. The molecule has 3 rings (SSSR count). The van der Waals surface area contributed by atoms with Crippen LogP contribution in [-0.4, -0.2) is 57.8 Å². The molecule has 2 aliphatic rings. The van der Waals surface area contributed by atoms with Gasteiger partial charge in [0.25, 0.3) is 0 Å². The van der Waals surface area contributed by atoms with E-state index in [4.69, 9.17) is 9.47 Å². The van der Waals surface area contributed by atoms with Crippen LogP contribution in [0.25, 0.3) is 0 Å². The predicted octanol–water partition coefficient (Wildman–Crippen LogP) is 4.12. The molecule has 1 saturated heterocycles. The molecule has 1 saturated carbocycles. The van der Waals surface area contributed by atoms with Crippen molar-refractivity contribution in [2.75, 3.05) is 19.8 Å². The van der Waals surface area contributed by atoms with Gasteiger partial charge >= 0.3 is 6.18 Å². The van der Waals surface area contributed by atoms with Crippen LogP contribution in [0.15, 0.2) is 24.3 Å². The maximum atomic E-state index is 12.9. The first-order valence-corrected chi connectivity index (χ1v) is 13.3. The Morgan fingerprint density at radius 3 is 2.52 bits per heavy atom. The first-order valence-electron chi connectivity index (χ1n) is 11.8. The molecule has 188 valence electrons. The summed E-state index contributed by atoms with van der Waals surface area (Å²) in [7, 11) is -4.52. The quantitative estimate of drug-likeness (QED) is 0.542. The molecule has 0 amide bonds. The summed E-state index contributed by atoms with van der Waals surface area (Å²) in [4.78, 5) is 0. The van der Waals surface area contributed by atoms with E-state index in [-0.39, 0.29) is 18.8 Å². The fraction of sp³-hybridized carbons (Fsp3) is 0.739. The molecule has 1 aliphatic heterocycles. The van der Waals surface area contributed by atoms with Gasteiger partial charge in [0.2, 0.25) is 10.0 Å². The Morgan fingerprint density at radius 1 is 1.15 bits per heavy atom. The number of sulfonamides is 1. The topological polar surface area (TPSA) is 76.7 Å². The number of piperidine rings is 1. The van der Waals surface area contributed by atoms with Crippen LogP contribution in [0.3, 0.4) is 0 Å². The zero-order valence-corrected chi connectivity index (χ0v) is 20.1. The molecule has 10 heteroatoms. The Hall–Kier alpha value is -1.36. The number of ether oxygens (including phenoxy) is 2. The highest BCUT2D eigenvalue weighted by Crippen LogP contribution is 2.38. The molecule has 1 heterocycles. The van der Waals surface area contributed by atoms with Crippen molar-refractivity contribution < 1.29 is 31.1 Å². The van der Waals surface area contributed by atoms with E-state index < -0.39 is 27.5 Å². The van der Waals surface area contributed by atoms with Gasteiger partial charge in [-0.2, -0.15) is 13.2 Å². The van der Waals surface area contributed by atoms with Crippen LogP contribution < -0.4 is 14.8 Å². The highest BCUT2D eigenvalue weighted by molar-refractivity contribution is 7.90. The monoisotopic (exact) mass is 492 g/mol. The van der Waals surface area contributed by atoms with Gasteiger partial charge in [-0.25, -0.2) is 13.1 Å². The van der Waals surface area contributed by atoms with Crippen molar-refractivity contribution in [2.24, 2.45) is 0 Å². The molecule has 3 atom stereocenters. The fourth-order valence-corrected chi connectivity index (χ4v) is 5.90. The second-order valence-corrected chi connectivity index (χ2v) is 11.0. The van der Waals surface area contributed by atoms with E-state index in [1.165, 1.54) is 5.56 Å². The molecule has 2 N–H and O–H groups in total. The Labute approximate surface area is 194 Å². The van der Waals surface area contributed by atoms with E-state index in [0.717, 1.165) is 31.4 Å². The lowest BCUT2D eigenvalue weighted by atomic mass is 9.82. The summed E-state index contributed by atoms with van der Waals surface area (Å²) in [6, 6.07) is 7.13. The number of hydrogen-bond donors (Lipinski definition) is 2. The van der Waals surface area contributed by atoms with Gasteiger partial charge in [0.15, 0.2) is 5.25 Å². The molecule has 1 aromatic carbocycles. The Bertz CT molecular complexity index is 858. The number of para-hydroxylation sites is 1. The molecule has 6 nitrogen and oxygen atoms in total. The van der Waals surface area contributed by atoms with Gasteiger partial charge in [-0.1, -0.05) is 18.2 Å². The van der Waals surface area contributed by atoms with E-state index in [1.54, 1.807) is 0 Å². The van der Waals surface area contributed by atoms with Gasteiger partial charge in [-0.15, -0.1) is 0 Å². The van der Waals surface area contributed by atoms with Gasteiger partial charge in [0.1, 0.15) is 5.75 Å². The van der Waals surface area contributed by atoms with Crippen molar-refractivity contribution in [1.29, 1.82) is 0 Å². The second kappa shape index (κ2) is 11.4. The van der Waals surface area contributed by atoms with Crippen molar-refractivity contribution in [1.82, 2.24) is 10.0 Å². The van der Waals surface area contributed by atoms with E-state index >= 15 is 0 Å². The predicted molar refractivity (Wildman–Crippen MR) is 121 cm³/mol. The first-order chi connectivity index (χ1) is 15.6. The van der Waals surface area contributed by atoms with Crippen LogP contribution >= 0.6 is 0 Å². The number of alkyl halides is 3. The average Bonchev–Trinajstić information content (AvgIpc) is 2.78. The van der Waals surface area contributed by atoms with E-state index in [9.17, 15) is 21.6 Å². The van der Waals surface area contributed by atoms with Crippen molar-refractivity contribution in [2.45, 2.75) is 87.9 Å². The van der Waals surface area contributed by atoms with Crippen LogP contribution in [0, 0.1) is 0 Å². The lowest BCUT2D eigenvalue weighted by Crippen LogP contribution is -2.57. The summed E-state index contributed by atoms with van der Waals surface area (Å²) >= 11 is 0. The molecule has 0 aromatic heterocycles. The Balaban J connectivity index is 1.52. The standard InChI is InChI=1S/C23H35F3N2O4S/c1-3-31-22-9-5-4-7-19(22)17-10-12-18(13-11-17)32-15-21-20(8-6-14-27-21)28-33(29,30)16(2)23(24,25)26/h4-5,7,9,16-18,20-21,27-28H,3,6,8,10-15H2,1-2H3/t16-,17-,18+,20+,21+/m1/s1. The highest BCUT2D eigenvalue weighted by Gasteiger charge is 2.46. The summed E-state index contributed by atoms with van der Waals surface area (Å²) in [6.07, 6.45) is 0.0894. The van der Waals surface area contributed by atoms with Gasteiger partial charge in [0, 0.05) is 12.1 Å². The van der Waals surface area contributed by atoms with Crippen molar-refractivity contribution in [3.63, 3.8) is 0 Å². The van der Waals surface area contributed by atoms with Gasteiger partial charge in [-0.05, 0) is 76.5 Å². The number of hydrogen-bond acceptors (Lipinski definition) is 5. The van der Waals surface area contributed by atoms with E-state index in [2.05, 4.69) is 16.1 Å². The van der Waals surface area contributed by atoms with Gasteiger partial charge in [0.05, 0.1) is 19.3 Å². The lowest BCUT2D eigenvalue weighted by Gasteiger charge is -2.36. The molecule has 2 fully saturated rings. The van der Waals surface area contributed by atoms with Crippen LogP contribution in [-0.2, 0) is 14.8 Å². The largest absolute Gasteiger partial charge is 0.494 e. The Kier molecular flexibility index (Phi) is 9.05. The van der Waals surface area contributed by atoms with Crippen molar-refractivity contribution in [3.8, 4) is 5.75 Å². The van der Waals surface area contributed by atoms with Crippen molar-refractivity contribution >= 4 is 10.0 Å². The third-order valence-electron chi connectivity index (χ3n) is 6.67. The van der Waals surface area contributed by atoms with Crippen LogP contribution in [0.5, 0.6) is 5.75 Å². The fourth-order valence-electron chi connectivity index (χ4n) is 4.64. The van der Waals surface area contributed by atoms with Crippen LogP contribution in [0.1, 0.15) is 63.9 Å². The maximum absolute atomic E-state index is 12.9. The summed E-state index contributed by atoms with van der Waals surface area (Å²) in [5.74, 6) is 1.34. The summed E-state index contributed by atoms with van der Waals surface area (Å²) in [5.41, 5.74) is 1.22. The number of benzene rings is 1. The molecule has 0 spiro atoms. The number of rotatable bonds is 9. The summed E-state index contributed by atoms with van der Waals surface area (Å²) in [6.45, 7) is 4.21. The highest BCUT2D eigenvalue weighted by atomic mass is 32.2. The maximum Gasteiger partial charge on any atom is 0.406 e. The molecule has 0 radical (unpaired) electrons. The number of halogens is 3. The van der Waals surface area contributed by atoms with E-state index in [1.807, 2.05) is 25.1 Å². The number of nitrogens with one attached hydrogen (secondary N) is 2. The molecular formula is C23H35F3N2O4S. The molecule has 1 aromatic rings. The summed E-state index contributed by atoms with van der Waals surface area (Å²) < 4.78 is 77.4. The van der Waals surface area contributed by atoms with Gasteiger partial charge in [-0.3, -0.25) is 0 Å². The van der Waals surface area contributed by atoms with Crippen LogP contribution in [0.4, 0.5) is 13.2 Å². The average molecular weight is 493 g/mol.